The zero-order valence-corrected chi connectivity index (χ0v) is 23.0. The van der Waals surface area contributed by atoms with Crippen LogP contribution in [-0.4, -0.2) is 53.5 Å². The normalized spacial score (nSPS) is 20.3. The van der Waals surface area contributed by atoms with Crippen LogP contribution in [0.2, 0.25) is 0 Å². The number of piperidine rings is 3. The topological polar surface area (TPSA) is 88.2 Å². The Balaban J connectivity index is 1.33. The summed E-state index contributed by atoms with van der Waals surface area (Å²) in [4.78, 5) is 29.4. The van der Waals surface area contributed by atoms with Gasteiger partial charge in [0.15, 0.2) is 5.58 Å². The number of benzene rings is 3. The molecule has 3 saturated heterocycles. The lowest BCUT2D eigenvalue weighted by Gasteiger charge is -2.48. The van der Waals surface area contributed by atoms with Crippen molar-refractivity contribution in [3.05, 3.63) is 101 Å². The Hall–Kier alpha value is -4.56. The minimum atomic E-state index is -0.932. The first kappa shape index (κ1) is 26.7. The van der Waals surface area contributed by atoms with E-state index in [-0.39, 0.29) is 6.04 Å². The van der Waals surface area contributed by atoms with E-state index in [1.54, 1.807) is 35.0 Å². The van der Waals surface area contributed by atoms with E-state index in [1.807, 2.05) is 72.8 Å². The van der Waals surface area contributed by atoms with Crippen molar-refractivity contribution in [1.29, 1.82) is 0 Å². The lowest BCUT2D eigenvalue weighted by Crippen LogP contribution is -2.59. The summed E-state index contributed by atoms with van der Waals surface area (Å²) in [5.74, 6) is -0.0808. The number of nitrogens with zero attached hydrogens (tertiary/aromatic N) is 3. The SMILES string of the molecule is COC=Cc1ccc2c(c1)oc(=O)n2CC=Cc1ccc(-c2ccccc2)c(N(C(=O)O)C2CN3CCC2CC3)c1. The molecule has 4 heterocycles. The summed E-state index contributed by atoms with van der Waals surface area (Å²) in [5.41, 5.74) is 5.48. The Morgan fingerprint density at radius 3 is 2.51 bits per heavy atom. The monoisotopic (exact) mass is 551 g/mol. The quantitative estimate of drug-likeness (QED) is 0.264. The summed E-state index contributed by atoms with van der Waals surface area (Å²) in [5, 5.41) is 10.5. The lowest BCUT2D eigenvalue weighted by molar-refractivity contribution is 0.0838. The van der Waals surface area contributed by atoms with Crippen molar-refractivity contribution in [3.8, 4) is 11.1 Å². The minimum absolute atomic E-state index is 0.0869. The molecule has 1 N–H and O–H groups in total. The maximum atomic E-state index is 12.8. The molecule has 1 unspecified atom stereocenters. The van der Waals surface area contributed by atoms with E-state index in [4.69, 9.17) is 9.15 Å². The highest BCUT2D eigenvalue weighted by Crippen LogP contribution is 2.39. The van der Waals surface area contributed by atoms with Crippen molar-refractivity contribution in [2.24, 2.45) is 5.92 Å². The number of ether oxygens (including phenoxy) is 1. The zero-order valence-electron chi connectivity index (χ0n) is 23.0. The molecular formula is C33H33N3O5. The molecule has 210 valence electrons. The largest absolute Gasteiger partial charge is 0.504 e. The van der Waals surface area contributed by atoms with Crippen molar-refractivity contribution in [1.82, 2.24) is 9.47 Å². The molecule has 1 atom stereocenters. The summed E-state index contributed by atoms with van der Waals surface area (Å²) in [6.45, 7) is 3.15. The van der Waals surface area contributed by atoms with E-state index in [1.165, 1.54) is 0 Å². The van der Waals surface area contributed by atoms with Crippen LogP contribution in [0.1, 0.15) is 24.0 Å². The zero-order chi connectivity index (χ0) is 28.3. The van der Waals surface area contributed by atoms with Gasteiger partial charge in [-0.1, -0.05) is 60.7 Å². The Labute approximate surface area is 238 Å². The number of amides is 1. The Morgan fingerprint density at radius 2 is 1.80 bits per heavy atom. The third-order valence-electron chi connectivity index (χ3n) is 8.21. The van der Waals surface area contributed by atoms with Gasteiger partial charge in [0.25, 0.3) is 0 Å². The summed E-state index contributed by atoms with van der Waals surface area (Å²) >= 11 is 0. The second kappa shape index (κ2) is 11.5. The van der Waals surface area contributed by atoms with Gasteiger partial charge >= 0.3 is 11.8 Å². The highest BCUT2D eigenvalue weighted by atomic mass is 16.5. The molecule has 1 aromatic heterocycles. The van der Waals surface area contributed by atoms with Crippen molar-refractivity contribution < 1.29 is 19.1 Å². The number of anilines is 1. The van der Waals surface area contributed by atoms with Crippen LogP contribution in [0.3, 0.4) is 0 Å². The van der Waals surface area contributed by atoms with Gasteiger partial charge in [0.2, 0.25) is 0 Å². The molecule has 0 spiro atoms. The fourth-order valence-electron chi connectivity index (χ4n) is 6.16. The molecule has 4 aromatic rings. The number of hydrogen-bond donors (Lipinski definition) is 1. The van der Waals surface area contributed by atoms with Gasteiger partial charge in [-0.3, -0.25) is 9.47 Å². The number of oxazole rings is 1. The lowest BCUT2D eigenvalue weighted by atomic mass is 9.82. The molecule has 3 fully saturated rings. The second-order valence-electron chi connectivity index (χ2n) is 10.6. The van der Waals surface area contributed by atoms with Crippen molar-refractivity contribution in [3.63, 3.8) is 0 Å². The first-order chi connectivity index (χ1) is 20.0. The highest BCUT2D eigenvalue weighted by molar-refractivity contribution is 5.94. The number of allylic oxidation sites excluding steroid dienone is 1. The first-order valence-corrected chi connectivity index (χ1v) is 13.9. The second-order valence-corrected chi connectivity index (χ2v) is 10.6. The van der Waals surface area contributed by atoms with Crippen molar-refractivity contribution in [2.75, 3.05) is 31.6 Å². The van der Waals surface area contributed by atoms with Crippen LogP contribution in [0.15, 0.2) is 88.3 Å². The van der Waals surface area contributed by atoms with Gasteiger partial charge < -0.3 is 19.2 Å². The predicted molar refractivity (Wildman–Crippen MR) is 161 cm³/mol. The average molecular weight is 552 g/mol. The van der Waals surface area contributed by atoms with Crippen LogP contribution in [0.4, 0.5) is 10.5 Å². The number of hydrogen-bond acceptors (Lipinski definition) is 5. The van der Waals surface area contributed by atoms with E-state index in [0.717, 1.165) is 54.7 Å². The molecule has 0 saturated carbocycles. The average Bonchev–Trinajstić information content (AvgIpc) is 3.31. The van der Waals surface area contributed by atoms with Crippen molar-refractivity contribution in [2.45, 2.75) is 25.4 Å². The Kier molecular flexibility index (Phi) is 7.48. The number of rotatable bonds is 8. The molecule has 2 bridgehead atoms. The molecule has 41 heavy (non-hydrogen) atoms. The number of fused-ring (bicyclic) bond motifs is 4. The van der Waals surface area contributed by atoms with Gasteiger partial charge in [-0.15, -0.1) is 0 Å². The van der Waals surface area contributed by atoms with Crippen LogP contribution in [-0.2, 0) is 11.3 Å². The smallest absolute Gasteiger partial charge is 0.420 e. The number of aromatic nitrogens is 1. The van der Waals surface area contributed by atoms with E-state index in [0.29, 0.717) is 29.2 Å². The molecule has 0 aliphatic carbocycles. The summed E-state index contributed by atoms with van der Waals surface area (Å²) in [7, 11) is 1.58. The van der Waals surface area contributed by atoms with Gasteiger partial charge in [-0.05, 0) is 72.8 Å². The molecule has 3 aliphatic heterocycles. The van der Waals surface area contributed by atoms with Gasteiger partial charge in [0.05, 0.1) is 30.6 Å². The molecule has 1 amide bonds. The minimum Gasteiger partial charge on any atom is -0.504 e. The maximum absolute atomic E-state index is 12.8. The third-order valence-corrected chi connectivity index (χ3v) is 8.21. The molecule has 0 radical (unpaired) electrons. The maximum Gasteiger partial charge on any atom is 0.420 e. The highest BCUT2D eigenvalue weighted by Gasteiger charge is 2.40. The van der Waals surface area contributed by atoms with E-state index in [9.17, 15) is 14.7 Å². The van der Waals surface area contributed by atoms with Crippen LogP contribution in [0.5, 0.6) is 0 Å². The van der Waals surface area contributed by atoms with Crippen LogP contribution >= 0.6 is 0 Å². The predicted octanol–water partition coefficient (Wildman–Crippen LogP) is 6.17. The standard InChI is InChI=1S/C33H33N3O5/c1-40-19-15-24-10-12-28-31(21-24)41-33(39)35(28)16-5-6-23-9-11-27(25-7-3-2-4-8-25)29(20-23)36(32(37)38)30-22-34-17-13-26(30)14-18-34/h2-12,15,19-21,26,30H,13-14,16-18,22H2,1H3,(H,37,38). The molecule has 8 nitrogen and oxygen atoms in total. The van der Waals surface area contributed by atoms with Gasteiger partial charge in [0.1, 0.15) is 0 Å². The van der Waals surface area contributed by atoms with E-state index in [2.05, 4.69) is 4.90 Å². The van der Waals surface area contributed by atoms with Crippen molar-refractivity contribution >= 4 is 35.0 Å². The third kappa shape index (κ3) is 5.43. The number of methoxy groups -OCH3 is 1. The molecular weight excluding hydrogens is 518 g/mol. The fraction of sp³-hybridized carbons (Fsp3) is 0.273. The first-order valence-electron chi connectivity index (χ1n) is 13.9. The Bertz CT molecular complexity index is 1660. The fourth-order valence-corrected chi connectivity index (χ4v) is 6.16. The van der Waals surface area contributed by atoms with E-state index >= 15 is 0 Å². The summed E-state index contributed by atoms with van der Waals surface area (Å²) in [6, 6.07) is 21.3. The van der Waals surface area contributed by atoms with E-state index < -0.39 is 11.8 Å². The number of carboxylic acid groups (broad SMARTS) is 1. The molecule has 7 rings (SSSR count). The van der Waals surface area contributed by atoms with Gasteiger partial charge in [-0.2, -0.15) is 0 Å². The molecule has 8 heteroatoms. The van der Waals surface area contributed by atoms with Gasteiger partial charge in [0, 0.05) is 18.7 Å². The van der Waals surface area contributed by atoms with Crippen LogP contribution in [0.25, 0.3) is 34.4 Å². The van der Waals surface area contributed by atoms with Gasteiger partial charge in [-0.25, -0.2) is 9.59 Å². The molecule has 3 aromatic carbocycles. The molecule has 3 aliphatic rings. The summed E-state index contributed by atoms with van der Waals surface area (Å²) < 4.78 is 12.0. The van der Waals surface area contributed by atoms with Crippen LogP contribution in [0, 0.1) is 5.92 Å². The Morgan fingerprint density at radius 1 is 1.05 bits per heavy atom. The summed E-state index contributed by atoms with van der Waals surface area (Å²) in [6.07, 6.45) is 8.30. The number of carbonyl (C=O) groups is 1. The van der Waals surface area contributed by atoms with Crippen LogP contribution < -0.4 is 10.7 Å².